The highest BCUT2D eigenvalue weighted by Crippen LogP contribution is 2.06. The number of hydrogen-bond acceptors (Lipinski definition) is 5. The second-order valence-electron chi connectivity index (χ2n) is 2.93. The number of aliphatic hydroxyl groups excluding tert-OH is 1. The minimum atomic E-state index is -1.07. The first-order chi connectivity index (χ1) is 7.13. The van der Waals surface area contributed by atoms with Crippen molar-refractivity contribution in [1.82, 2.24) is 9.97 Å². The lowest BCUT2D eigenvalue weighted by atomic mass is 10.2. The summed E-state index contributed by atoms with van der Waals surface area (Å²) in [6.07, 6.45) is 1.61. The van der Waals surface area contributed by atoms with E-state index in [-0.39, 0.29) is 25.6 Å². The number of carbonyl (C=O) groups is 1. The van der Waals surface area contributed by atoms with Gasteiger partial charge >= 0.3 is 5.97 Å². The van der Waals surface area contributed by atoms with E-state index in [0.29, 0.717) is 5.69 Å². The highest BCUT2D eigenvalue weighted by Gasteiger charge is 2.13. The molecule has 0 radical (unpaired) electrons. The van der Waals surface area contributed by atoms with Crippen LogP contribution in [-0.2, 0) is 11.2 Å². The van der Waals surface area contributed by atoms with Gasteiger partial charge in [-0.2, -0.15) is 0 Å². The molecule has 7 nitrogen and oxygen atoms in total. The molecule has 0 aliphatic heterocycles. The van der Waals surface area contributed by atoms with Crippen LogP contribution in [0, 0.1) is 0 Å². The second kappa shape index (κ2) is 5.32. The van der Waals surface area contributed by atoms with Crippen molar-refractivity contribution in [3.8, 4) is 6.01 Å². The number of aromatic nitrogens is 2. The minimum Gasteiger partial charge on any atom is -0.480 e. The number of H-pyrrole nitrogens is 1. The van der Waals surface area contributed by atoms with E-state index in [2.05, 4.69) is 9.97 Å². The fourth-order valence-electron chi connectivity index (χ4n) is 0.982. The smallest absolute Gasteiger partial charge is 0.320 e. The standard InChI is InChI=1S/C8H13N3O4/c9-6(7(13)14)3-5-4-10-8(11-5)15-2-1-12/h4,6,12H,1-3,9H2,(H,10,11)(H,13,14)/t6-/m0/s1. The van der Waals surface area contributed by atoms with Crippen molar-refractivity contribution >= 4 is 5.97 Å². The minimum absolute atomic E-state index is 0.106. The maximum atomic E-state index is 10.5. The predicted molar refractivity (Wildman–Crippen MR) is 50.5 cm³/mol. The Morgan fingerprint density at radius 3 is 3.07 bits per heavy atom. The van der Waals surface area contributed by atoms with Crippen molar-refractivity contribution in [1.29, 1.82) is 0 Å². The molecular weight excluding hydrogens is 202 g/mol. The molecule has 1 aromatic rings. The van der Waals surface area contributed by atoms with E-state index >= 15 is 0 Å². The molecule has 0 spiro atoms. The van der Waals surface area contributed by atoms with E-state index in [9.17, 15) is 4.79 Å². The first-order valence-corrected chi connectivity index (χ1v) is 4.39. The Morgan fingerprint density at radius 2 is 2.47 bits per heavy atom. The first-order valence-electron chi connectivity index (χ1n) is 4.39. The number of hydrogen-bond donors (Lipinski definition) is 4. The van der Waals surface area contributed by atoms with Gasteiger partial charge in [0.05, 0.1) is 12.8 Å². The summed E-state index contributed by atoms with van der Waals surface area (Å²) in [5.74, 6) is -1.07. The fourth-order valence-corrected chi connectivity index (χ4v) is 0.982. The van der Waals surface area contributed by atoms with Gasteiger partial charge in [0, 0.05) is 12.1 Å². The maximum absolute atomic E-state index is 10.5. The van der Waals surface area contributed by atoms with Gasteiger partial charge in [-0.25, -0.2) is 4.98 Å². The molecule has 1 aromatic heterocycles. The van der Waals surface area contributed by atoms with Crippen molar-refractivity contribution in [2.45, 2.75) is 12.5 Å². The molecule has 0 fully saturated rings. The zero-order chi connectivity index (χ0) is 11.3. The molecule has 0 aromatic carbocycles. The molecule has 15 heavy (non-hydrogen) atoms. The Morgan fingerprint density at radius 1 is 1.73 bits per heavy atom. The molecular formula is C8H13N3O4. The number of carboxylic acids is 1. The molecule has 1 atom stereocenters. The third-order valence-corrected chi connectivity index (χ3v) is 1.69. The third-order valence-electron chi connectivity index (χ3n) is 1.69. The van der Waals surface area contributed by atoms with Crippen LogP contribution in [0.3, 0.4) is 0 Å². The van der Waals surface area contributed by atoms with Gasteiger partial charge < -0.3 is 25.7 Å². The lowest BCUT2D eigenvalue weighted by Crippen LogP contribution is -2.32. The number of rotatable bonds is 6. The molecule has 1 rings (SSSR count). The number of nitrogens with one attached hydrogen (secondary N) is 1. The van der Waals surface area contributed by atoms with Crippen LogP contribution < -0.4 is 10.5 Å². The van der Waals surface area contributed by atoms with Crippen molar-refractivity contribution < 1.29 is 19.7 Å². The van der Waals surface area contributed by atoms with E-state index in [0.717, 1.165) is 0 Å². The van der Waals surface area contributed by atoms with Gasteiger partial charge in [0.2, 0.25) is 0 Å². The van der Waals surface area contributed by atoms with E-state index in [4.69, 9.17) is 20.7 Å². The van der Waals surface area contributed by atoms with Gasteiger partial charge in [-0.05, 0) is 0 Å². The summed E-state index contributed by atoms with van der Waals surface area (Å²) in [5, 5.41) is 17.1. The summed E-state index contributed by atoms with van der Waals surface area (Å²) < 4.78 is 4.97. The van der Waals surface area contributed by atoms with Crippen molar-refractivity contribution in [3.63, 3.8) is 0 Å². The Labute approximate surface area is 85.9 Å². The quantitative estimate of drug-likeness (QED) is 0.469. The molecule has 0 amide bonds. The molecule has 0 saturated carbocycles. The highest BCUT2D eigenvalue weighted by molar-refractivity contribution is 5.73. The average molecular weight is 215 g/mol. The van der Waals surface area contributed by atoms with Gasteiger partial charge in [-0.15, -0.1) is 0 Å². The number of imidazole rings is 1. The Hall–Kier alpha value is -1.60. The van der Waals surface area contributed by atoms with E-state index in [1.54, 1.807) is 0 Å². The van der Waals surface area contributed by atoms with E-state index in [1.165, 1.54) is 6.20 Å². The second-order valence-corrected chi connectivity index (χ2v) is 2.93. The van der Waals surface area contributed by atoms with Gasteiger partial charge in [0.25, 0.3) is 6.01 Å². The van der Waals surface area contributed by atoms with Crippen LogP contribution in [0.25, 0.3) is 0 Å². The maximum Gasteiger partial charge on any atom is 0.320 e. The normalized spacial score (nSPS) is 12.4. The van der Waals surface area contributed by atoms with Crippen LogP contribution in [0.15, 0.2) is 6.20 Å². The number of nitrogens with two attached hydrogens (primary N) is 1. The largest absolute Gasteiger partial charge is 0.480 e. The fraction of sp³-hybridized carbons (Fsp3) is 0.500. The van der Waals surface area contributed by atoms with E-state index in [1.807, 2.05) is 0 Å². The Balaban J connectivity index is 2.49. The molecule has 5 N–H and O–H groups in total. The number of nitrogens with zero attached hydrogens (tertiary/aromatic N) is 1. The number of aliphatic hydroxyl groups is 1. The molecule has 84 valence electrons. The molecule has 0 bridgehead atoms. The number of aliphatic carboxylic acids is 1. The zero-order valence-corrected chi connectivity index (χ0v) is 8.01. The zero-order valence-electron chi connectivity index (χ0n) is 8.01. The summed E-state index contributed by atoms with van der Waals surface area (Å²) in [4.78, 5) is 17.0. The molecule has 7 heteroatoms. The Bertz CT molecular complexity index is 325. The summed E-state index contributed by atoms with van der Waals surface area (Å²) in [5.41, 5.74) is 5.91. The van der Waals surface area contributed by atoms with Crippen LogP contribution in [0.5, 0.6) is 6.01 Å². The average Bonchev–Trinajstić information content (AvgIpc) is 2.62. The molecule has 0 aliphatic rings. The van der Waals surface area contributed by atoms with Crippen molar-refractivity contribution in [2.24, 2.45) is 5.73 Å². The number of aromatic amines is 1. The summed E-state index contributed by atoms with van der Waals surface area (Å²) in [7, 11) is 0. The molecule has 0 saturated heterocycles. The van der Waals surface area contributed by atoms with Gasteiger partial charge in [0.1, 0.15) is 12.6 Å². The molecule has 1 heterocycles. The predicted octanol–water partition coefficient (Wildman–Crippen LogP) is -1.26. The van der Waals surface area contributed by atoms with Crippen LogP contribution >= 0.6 is 0 Å². The summed E-state index contributed by atoms with van der Waals surface area (Å²) in [6.45, 7) is 0.0304. The van der Waals surface area contributed by atoms with Crippen LogP contribution in [0.2, 0.25) is 0 Å². The lowest BCUT2D eigenvalue weighted by Gasteiger charge is -2.03. The SMILES string of the molecule is N[C@@H](Cc1cnc(OCCO)[nH]1)C(=O)O. The topological polar surface area (TPSA) is 121 Å². The third kappa shape index (κ3) is 3.56. The molecule has 0 aliphatic carbocycles. The molecule has 0 unspecified atom stereocenters. The van der Waals surface area contributed by atoms with Crippen molar-refractivity contribution in [3.05, 3.63) is 11.9 Å². The highest BCUT2D eigenvalue weighted by atomic mass is 16.5. The van der Waals surface area contributed by atoms with Crippen molar-refractivity contribution in [2.75, 3.05) is 13.2 Å². The summed E-state index contributed by atoms with van der Waals surface area (Å²) >= 11 is 0. The number of carboxylic acid groups (broad SMARTS) is 1. The lowest BCUT2D eigenvalue weighted by molar-refractivity contribution is -0.138. The Kier molecular flexibility index (Phi) is 4.07. The van der Waals surface area contributed by atoms with Gasteiger partial charge in [-0.3, -0.25) is 4.79 Å². The van der Waals surface area contributed by atoms with Crippen LogP contribution in [0.4, 0.5) is 0 Å². The van der Waals surface area contributed by atoms with Gasteiger partial charge in [0.15, 0.2) is 0 Å². The number of ether oxygens (including phenoxy) is 1. The van der Waals surface area contributed by atoms with Crippen LogP contribution in [0.1, 0.15) is 5.69 Å². The monoisotopic (exact) mass is 215 g/mol. The summed E-state index contributed by atoms with van der Waals surface area (Å²) in [6, 6.07) is -0.715. The van der Waals surface area contributed by atoms with Gasteiger partial charge in [-0.1, -0.05) is 0 Å². The van der Waals surface area contributed by atoms with Crippen LogP contribution in [-0.4, -0.2) is 45.4 Å². The van der Waals surface area contributed by atoms with E-state index < -0.39 is 12.0 Å². The first kappa shape index (κ1) is 11.5.